The molecule has 0 fully saturated rings. The Kier molecular flexibility index (Phi) is 7.87. The van der Waals surface area contributed by atoms with Gasteiger partial charge < -0.3 is 0 Å². The molecule has 4 aromatic carbocycles. The van der Waals surface area contributed by atoms with E-state index < -0.39 is 0 Å². The van der Waals surface area contributed by atoms with Crippen LogP contribution in [0.15, 0.2) is 182 Å². The maximum Gasteiger partial charge on any atom is 0.0893 e. The minimum atomic E-state index is 0.854. The van der Waals surface area contributed by atoms with Crippen LogP contribution < -0.4 is 0 Å². The third kappa shape index (κ3) is 6.15. The standard InChI is InChI=1S/C44H30N4/c1-3-9-35(10-4-1)39-13-7-15-43(47-39)41-27-25-37(29-45-41)33-21-17-31(18-22-33)32-19-23-34(24-20-32)38-26-28-42(46-30-38)44-16-8-14-40(48-44)36-11-5-2-6-12-36/h1-30H. The molecule has 0 atom stereocenters. The van der Waals surface area contributed by atoms with Crippen molar-refractivity contribution in [2.45, 2.75) is 0 Å². The highest BCUT2D eigenvalue weighted by Crippen LogP contribution is 2.29. The second-order valence-corrected chi connectivity index (χ2v) is 11.6. The molecular weight excluding hydrogens is 585 g/mol. The van der Waals surface area contributed by atoms with Crippen molar-refractivity contribution < 1.29 is 0 Å². The summed E-state index contributed by atoms with van der Waals surface area (Å²) in [6.45, 7) is 0. The molecule has 48 heavy (non-hydrogen) atoms. The van der Waals surface area contributed by atoms with E-state index in [-0.39, 0.29) is 0 Å². The highest BCUT2D eigenvalue weighted by atomic mass is 14.8. The lowest BCUT2D eigenvalue weighted by molar-refractivity contribution is 1.25. The van der Waals surface area contributed by atoms with Crippen LogP contribution in [-0.2, 0) is 0 Å². The van der Waals surface area contributed by atoms with Gasteiger partial charge in [0.25, 0.3) is 0 Å². The molecule has 0 unspecified atom stereocenters. The maximum absolute atomic E-state index is 4.85. The van der Waals surface area contributed by atoms with Crippen molar-refractivity contribution in [2.24, 2.45) is 0 Å². The van der Waals surface area contributed by atoms with E-state index in [0.29, 0.717) is 0 Å². The number of hydrogen-bond acceptors (Lipinski definition) is 4. The van der Waals surface area contributed by atoms with Crippen molar-refractivity contribution in [3.63, 3.8) is 0 Å². The summed E-state index contributed by atoms with van der Waals surface area (Å²) in [6.07, 6.45) is 3.84. The summed E-state index contributed by atoms with van der Waals surface area (Å²) in [5, 5.41) is 0. The lowest BCUT2D eigenvalue weighted by Crippen LogP contribution is -1.91. The average Bonchev–Trinajstić information content (AvgIpc) is 3.19. The van der Waals surface area contributed by atoms with Crippen LogP contribution in [0.2, 0.25) is 0 Å². The first-order valence-corrected chi connectivity index (χ1v) is 16.0. The molecule has 0 aliphatic rings. The molecule has 4 heterocycles. The molecule has 0 amide bonds. The molecule has 4 heteroatoms. The van der Waals surface area contributed by atoms with Gasteiger partial charge in [0.2, 0.25) is 0 Å². The summed E-state index contributed by atoms with van der Waals surface area (Å²) in [5.41, 5.74) is 14.2. The molecule has 8 rings (SSSR count). The fourth-order valence-electron chi connectivity index (χ4n) is 5.84. The minimum Gasteiger partial charge on any atom is -0.254 e. The first kappa shape index (κ1) is 28.9. The number of pyridine rings is 4. The molecule has 0 aliphatic heterocycles. The van der Waals surface area contributed by atoms with Crippen molar-refractivity contribution in [3.05, 3.63) is 182 Å². The summed E-state index contributed by atoms with van der Waals surface area (Å²) in [7, 11) is 0. The maximum atomic E-state index is 4.85. The Hall–Kier alpha value is -6.52. The Morgan fingerprint density at radius 2 is 0.542 bits per heavy atom. The first-order valence-electron chi connectivity index (χ1n) is 16.0. The van der Waals surface area contributed by atoms with Gasteiger partial charge in [-0.3, -0.25) is 9.97 Å². The van der Waals surface area contributed by atoms with E-state index >= 15 is 0 Å². The Labute approximate surface area is 280 Å². The number of benzene rings is 4. The van der Waals surface area contributed by atoms with Crippen LogP contribution in [0.5, 0.6) is 0 Å². The van der Waals surface area contributed by atoms with Crippen LogP contribution in [-0.4, -0.2) is 19.9 Å². The number of aromatic nitrogens is 4. The van der Waals surface area contributed by atoms with E-state index in [4.69, 9.17) is 19.9 Å². The van der Waals surface area contributed by atoms with Gasteiger partial charge in [0, 0.05) is 34.6 Å². The normalized spacial score (nSPS) is 10.9. The fraction of sp³-hybridized carbons (Fsp3) is 0. The van der Waals surface area contributed by atoms with Crippen LogP contribution >= 0.6 is 0 Å². The molecular formula is C44H30N4. The molecule has 4 nitrogen and oxygen atoms in total. The molecule has 0 aliphatic carbocycles. The van der Waals surface area contributed by atoms with Crippen molar-refractivity contribution in [1.82, 2.24) is 19.9 Å². The minimum absolute atomic E-state index is 0.854. The Morgan fingerprint density at radius 1 is 0.208 bits per heavy atom. The third-order valence-corrected chi connectivity index (χ3v) is 8.46. The highest BCUT2D eigenvalue weighted by molar-refractivity contribution is 5.74. The van der Waals surface area contributed by atoms with Gasteiger partial charge in [-0.05, 0) is 58.7 Å². The second kappa shape index (κ2) is 13.1. The van der Waals surface area contributed by atoms with Gasteiger partial charge in [0.05, 0.1) is 34.2 Å². The molecule has 0 spiro atoms. The van der Waals surface area contributed by atoms with E-state index in [2.05, 4.69) is 84.9 Å². The molecule has 0 N–H and O–H groups in total. The van der Waals surface area contributed by atoms with Gasteiger partial charge >= 0.3 is 0 Å². The van der Waals surface area contributed by atoms with E-state index in [1.54, 1.807) is 0 Å². The number of nitrogens with zero attached hydrogens (tertiary/aromatic N) is 4. The average molecular weight is 615 g/mol. The van der Waals surface area contributed by atoms with Crippen molar-refractivity contribution in [3.8, 4) is 78.7 Å². The Bertz CT molecular complexity index is 2110. The highest BCUT2D eigenvalue weighted by Gasteiger charge is 2.08. The Morgan fingerprint density at radius 3 is 0.896 bits per heavy atom. The van der Waals surface area contributed by atoms with Gasteiger partial charge in [0.15, 0.2) is 0 Å². The van der Waals surface area contributed by atoms with Crippen molar-refractivity contribution >= 4 is 0 Å². The summed E-state index contributed by atoms with van der Waals surface area (Å²) < 4.78 is 0. The summed E-state index contributed by atoms with van der Waals surface area (Å²) in [5.74, 6) is 0. The van der Waals surface area contributed by atoms with Gasteiger partial charge in [-0.1, -0.05) is 133 Å². The van der Waals surface area contributed by atoms with Crippen LogP contribution in [0.3, 0.4) is 0 Å². The molecule has 8 aromatic rings. The first-order chi connectivity index (χ1) is 23.8. The summed E-state index contributed by atoms with van der Waals surface area (Å²) in [4.78, 5) is 19.2. The van der Waals surface area contributed by atoms with E-state index in [1.165, 1.54) is 0 Å². The molecule has 0 saturated heterocycles. The van der Waals surface area contributed by atoms with Gasteiger partial charge in [-0.25, -0.2) is 9.97 Å². The fourth-order valence-corrected chi connectivity index (χ4v) is 5.84. The number of hydrogen-bond donors (Lipinski definition) is 0. The predicted molar refractivity (Wildman–Crippen MR) is 196 cm³/mol. The second-order valence-electron chi connectivity index (χ2n) is 11.6. The lowest BCUT2D eigenvalue weighted by atomic mass is 9.98. The van der Waals surface area contributed by atoms with E-state index in [0.717, 1.165) is 78.7 Å². The molecule has 0 bridgehead atoms. The third-order valence-electron chi connectivity index (χ3n) is 8.46. The van der Waals surface area contributed by atoms with Crippen LogP contribution in [0, 0.1) is 0 Å². The van der Waals surface area contributed by atoms with Crippen LogP contribution in [0.4, 0.5) is 0 Å². The monoisotopic (exact) mass is 614 g/mol. The zero-order valence-corrected chi connectivity index (χ0v) is 26.1. The van der Waals surface area contributed by atoms with Gasteiger partial charge in [0.1, 0.15) is 0 Å². The van der Waals surface area contributed by atoms with Crippen LogP contribution in [0.1, 0.15) is 0 Å². The zero-order valence-electron chi connectivity index (χ0n) is 26.1. The predicted octanol–water partition coefficient (Wildman–Crippen LogP) is 10.9. The largest absolute Gasteiger partial charge is 0.254 e. The lowest BCUT2D eigenvalue weighted by Gasteiger charge is -2.08. The Balaban J connectivity index is 0.948. The summed E-state index contributed by atoms with van der Waals surface area (Å²) in [6, 6.07) is 58.1. The van der Waals surface area contributed by atoms with Gasteiger partial charge in [-0.15, -0.1) is 0 Å². The van der Waals surface area contributed by atoms with Crippen molar-refractivity contribution in [2.75, 3.05) is 0 Å². The van der Waals surface area contributed by atoms with E-state index in [1.807, 2.05) is 97.3 Å². The molecule has 0 saturated carbocycles. The van der Waals surface area contributed by atoms with Crippen molar-refractivity contribution in [1.29, 1.82) is 0 Å². The number of rotatable bonds is 7. The topological polar surface area (TPSA) is 51.6 Å². The zero-order chi connectivity index (χ0) is 32.1. The van der Waals surface area contributed by atoms with E-state index in [9.17, 15) is 0 Å². The SMILES string of the molecule is c1ccc(-c2cccc(-c3ccc(-c4ccc(-c5ccc(-c6ccc(-c7cccc(-c8ccccc8)n7)nc6)cc5)cc4)cn3)n2)cc1. The molecule has 0 radical (unpaired) electrons. The van der Waals surface area contributed by atoms with Crippen LogP contribution in [0.25, 0.3) is 78.7 Å². The summed E-state index contributed by atoms with van der Waals surface area (Å²) >= 11 is 0. The quantitative estimate of drug-likeness (QED) is 0.179. The molecule has 4 aromatic heterocycles. The molecule has 226 valence electrons. The smallest absolute Gasteiger partial charge is 0.0893 e. The van der Waals surface area contributed by atoms with Gasteiger partial charge in [-0.2, -0.15) is 0 Å².